The van der Waals surface area contributed by atoms with Gasteiger partial charge in [-0.25, -0.2) is 8.42 Å². The molecule has 2 rings (SSSR count). The molecule has 0 N–H and O–H groups in total. The van der Waals surface area contributed by atoms with Gasteiger partial charge in [0.25, 0.3) is 0 Å². The Balaban J connectivity index is 2.23. The van der Waals surface area contributed by atoms with Crippen molar-refractivity contribution in [3.8, 4) is 6.07 Å². The molecule has 0 saturated heterocycles. The van der Waals surface area contributed by atoms with Crippen LogP contribution in [0.3, 0.4) is 0 Å². The molecular weight excluding hydrogens is 258 g/mol. The zero-order valence-corrected chi connectivity index (χ0v) is 12.2. The molecule has 0 heterocycles. The monoisotopic (exact) mass is 277 g/mol. The number of hydrogen-bond acceptors (Lipinski definition) is 3. The van der Waals surface area contributed by atoms with Crippen LogP contribution in [0.25, 0.3) is 0 Å². The lowest BCUT2D eigenvalue weighted by Crippen LogP contribution is -2.15. The van der Waals surface area contributed by atoms with E-state index in [1.54, 1.807) is 24.3 Å². The number of sulfone groups is 1. The molecule has 1 aromatic carbocycles. The van der Waals surface area contributed by atoms with Crippen LogP contribution in [0.1, 0.15) is 38.2 Å². The lowest BCUT2D eigenvalue weighted by molar-refractivity contribution is 0.543. The van der Waals surface area contributed by atoms with E-state index < -0.39 is 20.5 Å². The van der Waals surface area contributed by atoms with Gasteiger partial charge in [-0.05, 0) is 31.9 Å². The van der Waals surface area contributed by atoms with Crippen LogP contribution in [-0.2, 0) is 9.84 Å². The minimum atomic E-state index is -3.36. The predicted octanol–water partition coefficient (Wildman–Crippen LogP) is 3.24. The van der Waals surface area contributed by atoms with Gasteiger partial charge in [-0.1, -0.05) is 37.5 Å². The number of hydrogen-bond donors (Lipinski definition) is 0. The summed E-state index contributed by atoms with van der Waals surface area (Å²) in [4.78, 5) is 0.344. The highest BCUT2D eigenvalue weighted by Crippen LogP contribution is 2.55. The van der Waals surface area contributed by atoms with E-state index in [2.05, 4.69) is 13.0 Å². The summed E-state index contributed by atoms with van der Waals surface area (Å²) in [6, 6.07) is 9.13. The SMILES string of the molecule is CCCC[C@@]1(C#N)C[C@@H]1S(=O)(=O)c1ccc(C)cc1. The Morgan fingerprint density at radius 3 is 2.53 bits per heavy atom. The van der Waals surface area contributed by atoms with Gasteiger partial charge in [0.05, 0.1) is 21.6 Å². The number of aryl methyl sites for hydroxylation is 1. The van der Waals surface area contributed by atoms with Crippen molar-refractivity contribution >= 4 is 9.84 Å². The van der Waals surface area contributed by atoms with Crippen molar-refractivity contribution in [1.29, 1.82) is 5.26 Å². The highest BCUT2D eigenvalue weighted by Gasteiger charge is 2.61. The van der Waals surface area contributed by atoms with Gasteiger partial charge in [-0.2, -0.15) is 5.26 Å². The molecule has 1 fully saturated rings. The molecule has 0 aromatic heterocycles. The molecule has 0 unspecified atom stereocenters. The molecule has 0 amide bonds. The van der Waals surface area contributed by atoms with E-state index in [-0.39, 0.29) is 0 Å². The second kappa shape index (κ2) is 4.97. The van der Waals surface area contributed by atoms with E-state index in [4.69, 9.17) is 0 Å². The maximum atomic E-state index is 12.5. The van der Waals surface area contributed by atoms with Crippen LogP contribution in [0.2, 0.25) is 0 Å². The van der Waals surface area contributed by atoms with Crippen LogP contribution in [0, 0.1) is 23.7 Å². The van der Waals surface area contributed by atoms with Gasteiger partial charge in [0, 0.05) is 0 Å². The second-order valence-electron chi connectivity index (χ2n) is 5.42. The summed E-state index contributed by atoms with van der Waals surface area (Å²) < 4.78 is 25.0. The molecule has 0 bridgehead atoms. The summed E-state index contributed by atoms with van der Waals surface area (Å²) in [6.07, 6.45) is 3.07. The molecule has 1 aliphatic carbocycles. The van der Waals surface area contributed by atoms with E-state index in [1.807, 2.05) is 6.92 Å². The minimum Gasteiger partial charge on any atom is -0.223 e. The summed E-state index contributed by atoms with van der Waals surface area (Å²) in [6.45, 7) is 3.98. The van der Waals surface area contributed by atoms with Crippen molar-refractivity contribution in [1.82, 2.24) is 0 Å². The van der Waals surface area contributed by atoms with Crippen LogP contribution in [-0.4, -0.2) is 13.7 Å². The fourth-order valence-electron chi connectivity index (χ4n) is 2.50. The Bertz CT molecular complexity index is 598. The van der Waals surface area contributed by atoms with Crippen molar-refractivity contribution in [3.63, 3.8) is 0 Å². The van der Waals surface area contributed by atoms with Crippen molar-refractivity contribution in [2.75, 3.05) is 0 Å². The van der Waals surface area contributed by atoms with Crippen LogP contribution >= 0.6 is 0 Å². The van der Waals surface area contributed by atoms with E-state index in [0.29, 0.717) is 17.7 Å². The minimum absolute atomic E-state index is 0.344. The van der Waals surface area contributed by atoms with Gasteiger partial charge in [-0.15, -0.1) is 0 Å². The highest BCUT2D eigenvalue weighted by molar-refractivity contribution is 7.92. The summed E-state index contributed by atoms with van der Waals surface area (Å²) >= 11 is 0. The summed E-state index contributed by atoms with van der Waals surface area (Å²) in [5.74, 6) is 0. The Kier molecular flexibility index (Phi) is 3.69. The summed E-state index contributed by atoms with van der Waals surface area (Å²) in [5.41, 5.74) is 0.395. The maximum absolute atomic E-state index is 12.5. The first-order valence-corrected chi connectivity index (χ1v) is 8.23. The first kappa shape index (κ1) is 14.1. The predicted molar refractivity (Wildman–Crippen MR) is 74.3 cm³/mol. The fraction of sp³-hybridized carbons (Fsp3) is 0.533. The lowest BCUT2D eigenvalue weighted by Gasteiger charge is -2.09. The highest BCUT2D eigenvalue weighted by atomic mass is 32.2. The van der Waals surface area contributed by atoms with Gasteiger partial charge in [0.15, 0.2) is 9.84 Å². The van der Waals surface area contributed by atoms with Crippen molar-refractivity contribution in [3.05, 3.63) is 29.8 Å². The average molecular weight is 277 g/mol. The van der Waals surface area contributed by atoms with Crippen molar-refractivity contribution in [2.24, 2.45) is 5.41 Å². The molecule has 1 saturated carbocycles. The van der Waals surface area contributed by atoms with Crippen LogP contribution in [0.4, 0.5) is 0 Å². The van der Waals surface area contributed by atoms with E-state index in [9.17, 15) is 13.7 Å². The Morgan fingerprint density at radius 1 is 1.37 bits per heavy atom. The molecule has 0 spiro atoms. The lowest BCUT2D eigenvalue weighted by atomic mass is 10.0. The summed E-state index contributed by atoms with van der Waals surface area (Å²) in [7, 11) is -3.36. The number of unbranched alkanes of at least 4 members (excludes halogenated alkanes) is 1. The molecule has 1 aromatic rings. The number of benzene rings is 1. The third-order valence-corrected chi connectivity index (χ3v) is 6.23. The zero-order valence-electron chi connectivity index (χ0n) is 11.4. The molecule has 102 valence electrons. The van der Waals surface area contributed by atoms with Gasteiger partial charge in [-0.3, -0.25) is 0 Å². The topological polar surface area (TPSA) is 57.9 Å². The molecular formula is C15H19NO2S. The standard InChI is InChI=1S/C15H19NO2S/c1-3-4-9-15(11-16)10-14(15)19(17,18)13-7-5-12(2)6-8-13/h5-8,14H,3-4,9-10H2,1-2H3/t14-,15-/m0/s1. The second-order valence-corrected chi connectivity index (χ2v) is 7.55. The Hall–Kier alpha value is -1.34. The molecule has 3 nitrogen and oxygen atoms in total. The quantitative estimate of drug-likeness (QED) is 0.830. The fourth-order valence-corrected chi connectivity index (χ4v) is 4.62. The Labute approximate surface area is 115 Å². The molecule has 4 heteroatoms. The molecule has 19 heavy (non-hydrogen) atoms. The third-order valence-electron chi connectivity index (χ3n) is 3.93. The molecule has 0 radical (unpaired) electrons. The first-order chi connectivity index (χ1) is 8.96. The molecule has 0 aliphatic heterocycles. The van der Waals surface area contributed by atoms with Crippen LogP contribution in [0.5, 0.6) is 0 Å². The maximum Gasteiger partial charge on any atom is 0.182 e. The van der Waals surface area contributed by atoms with Crippen LogP contribution < -0.4 is 0 Å². The number of nitrogens with zero attached hydrogens (tertiary/aromatic N) is 1. The zero-order chi connectivity index (χ0) is 14.1. The smallest absolute Gasteiger partial charge is 0.182 e. The van der Waals surface area contributed by atoms with E-state index in [0.717, 1.165) is 18.4 Å². The summed E-state index contributed by atoms with van der Waals surface area (Å²) in [5, 5.41) is 8.78. The third kappa shape index (κ3) is 2.52. The first-order valence-electron chi connectivity index (χ1n) is 6.68. The van der Waals surface area contributed by atoms with E-state index >= 15 is 0 Å². The van der Waals surface area contributed by atoms with Crippen molar-refractivity contribution in [2.45, 2.75) is 49.7 Å². The largest absolute Gasteiger partial charge is 0.223 e. The van der Waals surface area contributed by atoms with Crippen LogP contribution in [0.15, 0.2) is 29.2 Å². The Morgan fingerprint density at radius 2 is 2.00 bits per heavy atom. The normalized spacial score (nSPS) is 25.8. The number of nitriles is 1. The van der Waals surface area contributed by atoms with Gasteiger partial charge >= 0.3 is 0 Å². The van der Waals surface area contributed by atoms with Crippen molar-refractivity contribution < 1.29 is 8.42 Å². The molecule has 2 atom stereocenters. The number of rotatable bonds is 5. The van der Waals surface area contributed by atoms with Gasteiger partial charge in [0.2, 0.25) is 0 Å². The molecule has 1 aliphatic rings. The van der Waals surface area contributed by atoms with Gasteiger partial charge in [0.1, 0.15) is 0 Å². The van der Waals surface area contributed by atoms with E-state index in [1.165, 1.54) is 0 Å². The van der Waals surface area contributed by atoms with Gasteiger partial charge < -0.3 is 0 Å². The average Bonchev–Trinajstić information content (AvgIpc) is 3.13.